The molecule has 0 bridgehead atoms. The summed E-state index contributed by atoms with van der Waals surface area (Å²) in [6.07, 6.45) is 0. The van der Waals surface area contributed by atoms with E-state index in [1.54, 1.807) is 12.1 Å². The van der Waals surface area contributed by atoms with Gasteiger partial charge in [0.25, 0.3) is 5.91 Å². The van der Waals surface area contributed by atoms with Gasteiger partial charge in [-0.25, -0.2) is 0 Å². The molecule has 3 nitrogen and oxygen atoms in total. The molecule has 0 radical (unpaired) electrons. The highest BCUT2D eigenvalue weighted by atomic mass is 79.9. The summed E-state index contributed by atoms with van der Waals surface area (Å²) in [5.74, 6) is -0.104. The van der Waals surface area contributed by atoms with E-state index in [0.717, 1.165) is 3.79 Å². The summed E-state index contributed by atoms with van der Waals surface area (Å²) in [5, 5.41) is 12.6. The molecule has 0 aliphatic rings. The van der Waals surface area contributed by atoms with Crippen molar-refractivity contribution in [2.75, 3.05) is 12.4 Å². The zero-order valence-corrected chi connectivity index (χ0v) is 11.2. The number of halogens is 2. The van der Waals surface area contributed by atoms with Gasteiger partial charge in [0.15, 0.2) is 5.60 Å². The number of carbonyl (C=O) groups excluding carboxylic acids is 1. The normalized spacial score (nSPS) is 14.7. The van der Waals surface area contributed by atoms with Gasteiger partial charge in [-0.15, -0.1) is 22.9 Å². The predicted molar refractivity (Wildman–Crippen MR) is 65.3 cm³/mol. The number of hydrogen-bond donors (Lipinski definition) is 2. The molecule has 15 heavy (non-hydrogen) atoms. The van der Waals surface area contributed by atoms with Crippen molar-refractivity contribution < 1.29 is 9.90 Å². The van der Waals surface area contributed by atoms with Gasteiger partial charge in [0.2, 0.25) is 0 Å². The van der Waals surface area contributed by atoms with Crippen molar-refractivity contribution in [3.05, 3.63) is 20.8 Å². The second-order valence-electron chi connectivity index (χ2n) is 3.12. The van der Waals surface area contributed by atoms with Crippen LogP contribution >= 0.6 is 38.9 Å². The highest BCUT2D eigenvalue weighted by Crippen LogP contribution is 2.31. The fourth-order valence-electron chi connectivity index (χ4n) is 1.02. The van der Waals surface area contributed by atoms with Crippen molar-refractivity contribution in [1.29, 1.82) is 0 Å². The van der Waals surface area contributed by atoms with Crippen molar-refractivity contribution in [1.82, 2.24) is 5.32 Å². The Bertz CT molecular complexity index is 354. The topological polar surface area (TPSA) is 49.3 Å². The first kappa shape index (κ1) is 13.0. The van der Waals surface area contributed by atoms with Gasteiger partial charge in [-0.3, -0.25) is 4.79 Å². The first-order valence-corrected chi connectivity index (χ1v) is 6.45. The number of rotatable bonds is 4. The van der Waals surface area contributed by atoms with Crippen molar-refractivity contribution in [2.45, 2.75) is 12.5 Å². The zero-order valence-electron chi connectivity index (χ0n) is 8.09. The van der Waals surface area contributed by atoms with Crippen LogP contribution in [0.25, 0.3) is 0 Å². The molecular weight excluding hydrogens is 302 g/mol. The van der Waals surface area contributed by atoms with Crippen molar-refractivity contribution in [3.8, 4) is 0 Å². The summed E-state index contributed by atoms with van der Waals surface area (Å²) < 4.78 is 0.878. The van der Waals surface area contributed by atoms with E-state index in [1.165, 1.54) is 18.3 Å². The molecule has 1 aromatic heterocycles. The molecule has 1 rings (SSSR count). The van der Waals surface area contributed by atoms with Crippen LogP contribution in [0, 0.1) is 0 Å². The first-order valence-electron chi connectivity index (χ1n) is 4.31. The quantitative estimate of drug-likeness (QED) is 0.836. The minimum absolute atomic E-state index is 0.329. The highest BCUT2D eigenvalue weighted by molar-refractivity contribution is 9.11. The number of hydrogen-bond acceptors (Lipinski definition) is 3. The molecule has 1 atom stereocenters. The Labute approximate surface area is 106 Å². The zero-order chi connectivity index (χ0) is 11.5. The lowest BCUT2D eigenvalue weighted by Gasteiger charge is -2.20. The predicted octanol–water partition coefficient (Wildman–Crippen LogP) is 2.07. The summed E-state index contributed by atoms with van der Waals surface area (Å²) in [7, 11) is 0. The van der Waals surface area contributed by atoms with E-state index in [2.05, 4.69) is 21.2 Å². The van der Waals surface area contributed by atoms with Gasteiger partial charge < -0.3 is 10.4 Å². The Hall–Kier alpha value is -0.100. The number of carbonyl (C=O) groups is 1. The fourth-order valence-corrected chi connectivity index (χ4v) is 2.54. The Kier molecular flexibility index (Phi) is 4.58. The summed E-state index contributed by atoms with van der Waals surface area (Å²) in [6.45, 7) is 1.82. The van der Waals surface area contributed by atoms with E-state index in [0.29, 0.717) is 17.3 Å². The maximum atomic E-state index is 11.6. The molecule has 1 aromatic rings. The van der Waals surface area contributed by atoms with Crippen LogP contribution in [0.15, 0.2) is 15.9 Å². The molecule has 0 aromatic carbocycles. The van der Waals surface area contributed by atoms with Gasteiger partial charge in [-0.1, -0.05) is 0 Å². The van der Waals surface area contributed by atoms with Gasteiger partial charge in [-0.2, -0.15) is 0 Å². The number of alkyl halides is 1. The second-order valence-corrected chi connectivity index (χ2v) is 5.96. The molecular formula is C9H11BrClNO2S. The third-order valence-corrected chi connectivity index (χ3v) is 3.90. The van der Waals surface area contributed by atoms with E-state index < -0.39 is 11.5 Å². The number of aliphatic hydroxyl groups is 1. The van der Waals surface area contributed by atoms with E-state index in [4.69, 9.17) is 11.6 Å². The van der Waals surface area contributed by atoms with E-state index in [1.807, 2.05) is 0 Å². The van der Waals surface area contributed by atoms with E-state index in [-0.39, 0.29) is 0 Å². The Morgan fingerprint density at radius 2 is 2.40 bits per heavy atom. The van der Waals surface area contributed by atoms with Crippen LogP contribution in [0.5, 0.6) is 0 Å². The van der Waals surface area contributed by atoms with Crippen LogP contribution in [-0.2, 0) is 10.4 Å². The van der Waals surface area contributed by atoms with Crippen LogP contribution < -0.4 is 5.32 Å². The second kappa shape index (κ2) is 5.30. The van der Waals surface area contributed by atoms with Gasteiger partial charge in [-0.05, 0) is 35.0 Å². The van der Waals surface area contributed by atoms with E-state index >= 15 is 0 Å². The molecule has 0 saturated heterocycles. The largest absolute Gasteiger partial charge is 0.375 e. The molecule has 0 fully saturated rings. The lowest BCUT2D eigenvalue weighted by molar-refractivity contribution is -0.138. The minimum atomic E-state index is -1.50. The molecule has 0 aliphatic heterocycles. The third kappa shape index (κ3) is 3.17. The van der Waals surface area contributed by atoms with Gasteiger partial charge >= 0.3 is 0 Å². The molecule has 1 unspecified atom stereocenters. The highest BCUT2D eigenvalue weighted by Gasteiger charge is 2.33. The summed E-state index contributed by atoms with van der Waals surface area (Å²) in [4.78, 5) is 12.2. The average molecular weight is 313 g/mol. The standard InChI is InChI=1S/C9H11BrClNO2S/c1-9(14,8(13)12-5-4-11)6-2-3-7(10)15-6/h2-3,14H,4-5H2,1H3,(H,12,13). The molecule has 1 heterocycles. The SMILES string of the molecule is CC(O)(C(=O)NCCCl)c1ccc(Br)s1. The summed E-state index contributed by atoms with van der Waals surface area (Å²) in [5.41, 5.74) is -1.50. The lowest BCUT2D eigenvalue weighted by atomic mass is 10.0. The molecule has 0 spiro atoms. The molecule has 6 heteroatoms. The molecule has 0 saturated carbocycles. The van der Waals surface area contributed by atoms with E-state index in [9.17, 15) is 9.90 Å². The average Bonchev–Trinajstić information content (AvgIpc) is 2.61. The van der Waals surface area contributed by atoms with Crippen molar-refractivity contribution in [3.63, 3.8) is 0 Å². The fraction of sp³-hybridized carbons (Fsp3) is 0.444. The molecule has 0 aliphatic carbocycles. The first-order chi connectivity index (χ1) is 6.98. The van der Waals surface area contributed by atoms with Crippen molar-refractivity contribution in [2.24, 2.45) is 0 Å². The van der Waals surface area contributed by atoms with Gasteiger partial charge in [0.1, 0.15) is 0 Å². The Morgan fingerprint density at radius 3 is 2.87 bits per heavy atom. The molecule has 1 amide bonds. The maximum absolute atomic E-state index is 11.6. The van der Waals surface area contributed by atoms with Crippen LogP contribution in [0.3, 0.4) is 0 Å². The molecule has 2 N–H and O–H groups in total. The van der Waals surface area contributed by atoms with Crippen LogP contribution in [0.1, 0.15) is 11.8 Å². The number of thiophene rings is 1. The van der Waals surface area contributed by atoms with Gasteiger partial charge in [0, 0.05) is 17.3 Å². The number of amides is 1. The Morgan fingerprint density at radius 1 is 1.73 bits per heavy atom. The van der Waals surface area contributed by atoms with Crippen LogP contribution in [0.2, 0.25) is 0 Å². The van der Waals surface area contributed by atoms with Gasteiger partial charge in [0.05, 0.1) is 3.79 Å². The van der Waals surface area contributed by atoms with Crippen molar-refractivity contribution >= 4 is 44.8 Å². The monoisotopic (exact) mass is 311 g/mol. The minimum Gasteiger partial charge on any atom is -0.375 e. The smallest absolute Gasteiger partial charge is 0.257 e. The van der Waals surface area contributed by atoms with Crippen LogP contribution in [-0.4, -0.2) is 23.4 Å². The third-order valence-electron chi connectivity index (χ3n) is 1.88. The van der Waals surface area contributed by atoms with Crippen LogP contribution in [0.4, 0.5) is 0 Å². The maximum Gasteiger partial charge on any atom is 0.257 e. The number of nitrogens with one attached hydrogen (secondary N) is 1. The Balaban J connectivity index is 2.77. The molecule has 84 valence electrons. The summed E-state index contributed by atoms with van der Waals surface area (Å²) in [6, 6.07) is 3.51. The lowest BCUT2D eigenvalue weighted by Crippen LogP contribution is -2.42. The summed E-state index contributed by atoms with van der Waals surface area (Å²) >= 11 is 10.1.